The number of hydrogen-bond donors (Lipinski definition) is 1. The molecule has 0 spiro atoms. The Bertz CT molecular complexity index is 163. The first kappa shape index (κ1) is 16.3. The third-order valence-corrected chi connectivity index (χ3v) is 0. The van der Waals surface area contributed by atoms with Crippen molar-refractivity contribution in [3.8, 4) is 0 Å². The normalized spacial score (nSPS) is 8.20. The Kier molecular flexibility index (Phi) is 11.0. The molecule has 7 nitrogen and oxygen atoms in total. The minimum atomic E-state index is -4.42. The zero-order chi connectivity index (χ0) is 8.08. The van der Waals surface area contributed by atoms with Crippen molar-refractivity contribution in [1.82, 2.24) is 0 Å². The van der Waals surface area contributed by atoms with E-state index in [1.54, 1.807) is 0 Å². The van der Waals surface area contributed by atoms with E-state index in [-0.39, 0.29) is 16.5 Å². The first-order valence-electron chi connectivity index (χ1n) is 1.42. The standard InChI is InChI=1S/CH3N2O.H2NO3S.Ni/c2-1(3)4;1-5(2,3)4;/h(H3-,2,3,4);(H2-,1,2,3,4);/q2*-1;+3/p-1. The molecule has 0 heterocycles. The average Bonchev–Trinajstić information content (AvgIpc) is 1.19. The van der Waals surface area contributed by atoms with Crippen LogP contribution in [-0.2, 0) is 26.8 Å². The first-order chi connectivity index (χ1) is 3.73. The van der Waals surface area contributed by atoms with Crippen molar-refractivity contribution in [3.63, 3.8) is 0 Å². The van der Waals surface area contributed by atoms with Crippen LogP contribution in [0.25, 0.3) is 16.6 Å². The SMILES string of the molecule is [NH-]C([NH-])=O.[NH-]S(=O)(=O)O.[Ni+3]. The van der Waals surface area contributed by atoms with E-state index in [9.17, 15) is 0 Å². The molecule has 0 saturated carbocycles. The van der Waals surface area contributed by atoms with E-state index in [1.807, 2.05) is 0 Å². The Morgan fingerprint density at radius 1 is 1.30 bits per heavy atom. The number of nitrogens with one attached hydrogen (secondary N) is 3. The smallest absolute Gasteiger partial charge is 0.684 e. The quantitative estimate of drug-likeness (QED) is 0.473. The van der Waals surface area contributed by atoms with Gasteiger partial charge >= 0.3 is 16.5 Å². The zero-order valence-electron chi connectivity index (χ0n) is 4.40. The number of carbonyl (C=O) groups is 1. The number of rotatable bonds is 0. The third kappa shape index (κ3) is 2500. The van der Waals surface area contributed by atoms with Crippen LogP contribution in [-0.4, -0.2) is 19.0 Å². The maximum Gasteiger partial charge on any atom is 3.00 e. The van der Waals surface area contributed by atoms with Gasteiger partial charge in [0.2, 0.25) is 0 Å². The Balaban J connectivity index is -0.0000000910. The average molecular weight is 213 g/mol. The van der Waals surface area contributed by atoms with Crippen molar-refractivity contribution in [1.29, 1.82) is 0 Å². The Labute approximate surface area is 67.7 Å². The molecule has 0 bridgehead atoms. The zero-order valence-corrected chi connectivity index (χ0v) is 6.20. The molecule has 0 saturated heterocycles. The number of urea groups is 1. The monoisotopic (exact) mass is 212 g/mol. The van der Waals surface area contributed by atoms with Gasteiger partial charge in [-0.3, -0.25) is 4.55 Å². The second-order valence-corrected chi connectivity index (χ2v) is 1.75. The molecule has 0 rings (SSSR count). The van der Waals surface area contributed by atoms with Gasteiger partial charge in [0, 0.05) is 0 Å². The van der Waals surface area contributed by atoms with E-state index >= 15 is 0 Å². The van der Waals surface area contributed by atoms with E-state index < -0.39 is 16.3 Å². The van der Waals surface area contributed by atoms with E-state index in [4.69, 9.17) is 34.4 Å². The van der Waals surface area contributed by atoms with Crippen molar-refractivity contribution >= 4 is 16.3 Å². The van der Waals surface area contributed by atoms with Gasteiger partial charge in [0.25, 0.3) is 0 Å². The second-order valence-electron chi connectivity index (χ2n) is 0.804. The molecule has 9 heteroatoms. The summed E-state index contributed by atoms with van der Waals surface area (Å²) in [5.74, 6) is 0. The van der Waals surface area contributed by atoms with E-state index in [2.05, 4.69) is 0 Å². The molecule has 0 aliphatic heterocycles. The molecular weight excluding hydrogens is 209 g/mol. The largest absolute Gasteiger partial charge is 3.00 e. The van der Waals surface area contributed by atoms with Crippen LogP contribution in [0.2, 0.25) is 0 Å². The summed E-state index contributed by atoms with van der Waals surface area (Å²) in [6.45, 7) is 0. The predicted octanol–water partition coefficient (Wildman–Crippen LogP) is 1.05. The van der Waals surface area contributed by atoms with Crippen LogP contribution >= 0.6 is 0 Å². The van der Waals surface area contributed by atoms with Gasteiger partial charge in [-0.15, -0.1) is 0 Å². The molecule has 0 atom stereocenters. The molecule has 2 amide bonds. The van der Waals surface area contributed by atoms with E-state index in [0.717, 1.165) is 0 Å². The minimum absolute atomic E-state index is 0. The number of amides is 2. The van der Waals surface area contributed by atoms with Crippen molar-refractivity contribution in [2.75, 3.05) is 0 Å². The Hall–Kier alpha value is -0.366. The molecule has 0 fully saturated rings. The topological polar surface area (TPSA) is 143 Å². The molecule has 0 unspecified atom stereocenters. The van der Waals surface area contributed by atoms with Crippen LogP contribution in [0.5, 0.6) is 0 Å². The van der Waals surface area contributed by atoms with Crippen molar-refractivity contribution < 1.29 is 34.3 Å². The Morgan fingerprint density at radius 2 is 1.30 bits per heavy atom. The van der Waals surface area contributed by atoms with Gasteiger partial charge in [0.1, 0.15) is 0 Å². The van der Waals surface area contributed by atoms with Crippen LogP contribution in [0.15, 0.2) is 0 Å². The first-order valence-corrected chi connectivity index (χ1v) is 2.86. The van der Waals surface area contributed by atoms with Crippen molar-refractivity contribution in [2.24, 2.45) is 0 Å². The van der Waals surface area contributed by atoms with Gasteiger partial charge in [0.15, 0.2) is 10.3 Å². The van der Waals surface area contributed by atoms with E-state index in [0.29, 0.717) is 0 Å². The molecule has 0 aliphatic carbocycles. The number of carbonyl (C=O) groups excluding carboxylic acids is 1. The third-order valence-electron chi connectivity index (χ3n) is 0. The van der Waals surface area contributed by atoms with Gasteiger partial charge in [-0.2, -0.15) is 0 Å². The molecule has 1 radical (unpaired) electrons. The molecule has 0 aromatic rings. The van der Waals surface area contributed by atoms with Gasteiger partial charge in [-0.1, -0.05) is 0 Å². The minimum Gasteiger partial charge on any atom is -0.684 e. The molecule has 10 heavy (non-hydrogen) atoms. The van der Waals surface area contributed by atoms with Gasteiger partial charge in [0.05, 0.1) is 0 Å². The fraction of sp³-hybridized carbons (Fsp3) is 0. The van der Waals surface area contributed by atoms with Gasteiger partial charge in [-0.25, -0.2) is 8.42 Å². The van der Waals surface area contributed by atoms with Crippen LogP contribution in [0, 0.1) is 0 Å². The summed E-state index contributed by atoms with van der Waals surface area (Å²) in [5.41, 5.74) is 11.2. The summed E-state index contributed by atoms with van der Waals surface area (Å²) >= 11 is 0. The summed E-state index contributed by atoms with van der Waals surface area (Å²) in [7, 11) is -4.42. The van der Waals surface area contributed by atoms with E-state index in [1.165, 1.54) is 0 Å². The fourth-order valence-electron chi connectivity index (χ4n) is 0. The van der Waals surface area contributed by atoms with Crippen LogP contribution in [0.1, 0.15) is 0 Å². The molecule has 0 aliphatic rings. The maximum absolute atomic E-state index is 8.85. The van der Waals surface area contributed by atoms with Crippen LogP contribution in [0.4, 0.5) is 4.79 Å². The van der Waals surface area contributed by atoms with Gasteiger partial charge in [-0.05, 0) is 6.03 Å². The molecule has 0 aromatic carbocycles. The molecule has 63 valence electrons. The second kappa shape index (κ2) is 6.75. The molecule has 4 N–H and O–H groups in total. The summed E-state index contributed by atoms with van der Waals surface area (Å²) in [5, 5.41) is 5.47. The summed E-state index contributed by atoms with van der Waals surface area (Å²) < 4.78 is 24.9. The van der Waals surface area contributed by atoms with Crippen molar-refractivity contribution in [3.05, 3.63) is 16.6 Å². The summed E-state index contributed by atoms with van der Waals surface area (Å²) in [6.07, 6.45) is 0. The van der Waals surface area contributed by atoms with Crippen LogP contribution < -0.4 is 0 Å². The van der Waals surface area contributed by atoms with Crippen molar-refractivity contribution in [2.45, 2.75) is 0 Å². The van der Waals surface area contributed by atoms with Crippen LogP contribution in [0.3, 0.4) is 0 Å². The van der Waals surface area contributed by atoms with Gasteiger partial charge < -0.3 is 21.4 Å². The number of hydrogen-bond acceptors (Lipinski definition) is 3. The molecule has 0 aromatic heterocycles. The maximum atomic E-state index is 8.85. The predicted molar refractivity (Wildman–Crippen MR) is 29.9 cm³/mol. The summed E-state index contributed by atoms with van der Waals surface area (Å²) in [6, 6.07) is -1.33. The molecular formula is CH4N3NiO4S. The fourth-order valence-corrected chi connectivity index (χ4v) is 0. The summed E-state index contributed by atoms with van der Waals surface area (Å²) in [4.78, 5) is 8.78. The Morgan fingerprint density at radius 3 is 1.30 bits per heavy atom.